The van der Waals surface area contributed by atoms with E-state index in [1.54, 1.807) is 5.16 Å². The molecule has 0 aliphatic heterocycles. The molecular weight excluding hydrogens is 223 g/mol. The number of rotatable bonds is 0. The first-order valence-electron chi connectivity index (χ1n) is 0.454. The summed E-state index contributed by atoms with van der Waals surface area (Å²) in [5.74, 6) is 0. The molecule has 0 aromatic heterocycles. The molecule has 0 heterocycles. The Bertz CT molecular complexity index is 35.9. The molecule has 0 aliphatic rings. The molecule has 2 nitrogen and oxygen atoms in total. The standard InChI is InChI=1S/CHNS.4CH3.H3N.Rh/c2-1-3;;;;;;/h2H;5*1H3;/q;4*-1;;. The molecule has 0 amide bonds. The van der Waals surface area contributed by atoms with Gasteiger partial charge in [-0.3, -0.25) is 0 Å². The summed E-state index contributed by atoms with van der Waals surface area (Å²) in [5, 5.41) is 7.36. The summed E-state index contributed by atoms with van der Waals surface area (Å²) in [6.45, 7) is 0. The third-order valence-electron chi connectivity index (χ3n) is 0. The molecule has 0 atom stereocenters. The van der Waals surface area contributed by atoms with Crippen molar-refractivity contribution in [3.8, 4) is 0 Å². The summed E-state index contributed by atoms with van der Waals surface area (Å²) in [6.07, 6.45) is 0. The zero-order valence-corrected chi connectivity index (χ0v) is 8.90. The Balaban J connectivity index is -0.00000000133. The summed E-state index contributed by atoms with van der Waals surface area (Å²) >= 11 is 3.81. The second-order valence-electron chi connectivity index (χ2n) is 0.102. The minimum absolute atomic E-state index is 0. The number of hydrogen-bond donors (Lipinski definition) is 2. The molecule has 0 rings (SSSR count). The zero-order chi connectivity index (χ0) is 2.71. The van der Waals surface area contributed by atoms with Crippen LogP contribution in [0.1, 0.15) is 0 Å². The van der Waals surface area contributed by atoms with Crippen LogP contribution in [0.2, 0.25) is 0 Å². The maximum Gasteiger partial charge on any atom is 0.0554 e. The van der Waals surface area contributed by atoms with Crippen molar-refractivity contribution in [2.24, 2.45) is 0 Å². The van der Waals surface area contributed by atoms with Crippen molar-refractivity contribution in [2.45, 2.75) is 0 Å². The van der Waals surface area contributed by atoms with Crippen LogP contribution in [0.4, 0.5) is 0 Å². The number of thiocarbonyl (C=S) groups is 1. The van der Waals surface area contributed by atoms with E-state index in [0.717, 1.165) is 0 Å². The van der Waals surface area contributed by atoms with Gasteiger partial charge in [0.15, 0.2) is 0 Å². The third-order valence-corrected chi connectivity index (χ3v) is 0. The van der Waals surface area contributed by atoms with Crippen molar-refractivity contribution >= 4 is 17.4 Å². The minimum atomic E-state index is 0. The van der Waals surface area contributed by atoms with Crippen LogP contribution in [0.15, 0.2) is 0 Å². The summed E-state index contributed by atoms with van der Waals surface area (Å²) in [7, 11) is 0. The van der Waals surface area contributed by atoms with Crippen LogP contribution in [0.3, 0.4) is 0 Å². The van der Waals surface area contributed by atoms with Crippen LogP contribution in [0.25, 0.3) is 0 Å². The molecule has 0 saturated heterocycles. The largest absolute Gasteiger partial charge is 0.358 e. The molecule has 0 aromatic rings. The summed E-state index contributed by atoms with van der Waals surface area (Å²) in [6, 6.07) is 0. The van der Waals surface area contributed by atoms with E-state index >= 15 is 0 Å². The van der Waals surface area contributed by atoms with Gasteiger partial charge in [-0.15, -0.1) is 0 Å². The van der Waals surface area contributed by atoms with Crippen molar-refractivity contribution < 1.29 is 19.5 Å². The van der Waals surface area contributed by atoms with Crippen LogP contribution >= 0.6 is 12.2 Å². The molecule has 9 heavy (non-hydrogen) atoms. The van der Waals surface area contributed by atoms with Crippen molar-refractivity contribution in [3.05, 3.63) is 29.7 Å². The van der Waals surface area contributed by atoms with E-state index in [1.807, 2.05) is 0 Å². The molecule has 1 radical (unpaired) electrons. The van der Waals surface area contributed by atoms with Gasteiger partial charge in [0, 0.05) is 19.5 Å². The Kier molecular flexibility index (Phi) is 3080. The molecule has 4 N–H and O–H groups in total. The third kappa shape index (κ3) is 2320. The van der Waals surface area contributed by atoms with Gasteiger partial charge in [0.1, 0.15) is 0 Å². The van der Waals surface area contributed by atoms with Crippen molar-refractivity contribution in [3.63, 3.8) is 0 Å². The maximum atomic E-state index is 5.77. The van der Waals surface area contributed by atoms with E-state index < -0.39 is 0 Å². The van der Waals surface area contributed by atoms with Crippen LogP contribution in [-0.2, 0) is 19.5 Å². The fraction of sp³-hybridized carbons (Fsp3) is 0. The molecule has 0 unspecified atom stereocenters. The molecular formula is C5H16N2RhS-4. The van der Waals surface area contributed by atoms with Gasteiger partial charge < -0.3 is 35.9 Å². The van der Waals surface area contributed by atoms with Gasteiger partial charge in [-0.05, 0) is 12.2 Å². The second-order valence-corrected chi connectivity index (χ2v) is 0.306. The molecule has 4 heteroatoms. The molecule has 0 aliphatic carbocycles. The molecule has 0 fully saturated rings. The zero-order valence-electron chi connectivity index (χ0n) is 6.45. The van der Waals surface area contributed by atoms with Gasteiger partial charge in [-0.2, -0.15) is 0 Å². The van der Waals surface area contributed by atoms with E-state index in [4.69, 9.17) is 5.41 Å². The molecule has 0 aromatic carbocycles. The van der Waals surface area contributed by atoms with E-state index in [0.29, 0.717) is 0 Å². The topological polar surface area (TPSA) is 58.9 Å². The van der Waals surface area contributed by atoms with E-state index in [1.165, 1.54) is 0 Å². The quantitative estimate of drug-likeness (QED) is 0.295. The fourth-order valence-corrected chi connectivity index (χ4v) is 0. The van der Waals surface area contributed by atoms with Crippen LogP contribution in [-0.4, -0.2) is 5.16 Å². The first kappa shape index (κ1) is 116. The van der Waals surface area contributed by atoms with Crippen molar-refractivity contribution in [1.29, 1.82) is 5.41 Å². The number of isothiocyanates is 1. The van der Waals surface area contributed by atoms with Gasteiger partial charge >= 0.3 is 0 Å². The normalized spacial score (nSPS) is 0.889. The summed E-state index contributed by atoms with van der Waals surface area (Å²) < 4.78 is 0. The summed E-state index contributed by atoms with van der Waals surface area (Å²) in [5.41, 5.74) is 0. The van der Waals surface area contributed by atoms with Gasteiger partial charge in [0.25, 0.3) is 0 Å². The average Bonchev–Trinajstić information content (AvgIpc) is 0.918. The smallest absolute Gasteiger partial charge is 0.0554 e. The molecule has 0 saturated carbocycles. The molecule has 0 bridgehead atoms. The Morgan fingerprint density at radius 1 is 1.00 bits per heavy atom. The average molecular weight is 239 g/mol. The Hall–Kier alpha value is 0.383. The maximum absolute atomic E-state index is 5.77. The van der Waals surface area contributed by atoms with Crippen LogP contribution in [0.5, 0.6) is 0 Å². The van der Waals surface area contributed by atoms with Crippen molar-refractivity contribution in [1.82, 2.24) is 6.15 Å². The van der Waals surface area contributed by atoms with Gasteiger partial charge in [0.05, 0.1) is 5.16 Å². The molecule has 0 spiro atoms. The number of nitrogens with one attached hydrogen (secondary N) is 1. The monoisotopic (exact) mass is 239 g/mol. The Morgan fingerprint density at radius 3 is 1.00 bits per heavy atom. The van der Waals surface area contributed by atoms with Crippen LogP contribution < -0.4 is 6.15 Å². The first-order chi connectivity index (χ1) is 1.41. The van der Waals surface area contributed by atoms with Crippen LogP contribution in [0, 0.1) is 35.1 Å². The van der Waals surface area contributed by atoms with E-state index in [2.05, 4.69) is 12.2 Å². The summed E-state index contributed by atoms with van der Waals surface area (Å²) in [4.78, 5) is 0. The Labute approximate surface area is 78.3 Å². The Morgan fingerprint density at radius 2 is 1.00 bits per heavy atom. The number of hydrogen-bond acceptors (Lipinski definition) is 3. The van der Waals surface area contributed by atoms with E-state index in [-0.39, 0.29) is 55.3 Å². The van der Waals surface area contributed by atoms with Gasteiger partial charge in [-0.25, -0.2) is 5.41 Å². The predicted molar refractivity (Wildman–Crippen MR) is 46.0 cm³/mol. The molecule has 65 valence electrons. The fourth-order valence-electron chi connectivity index (χ4n) is 0. The van der Waals surface area contributed by atoms with E-state index in [9.17, 15) is 0 Å². The predicted octanol–water partition coefficient (Wildman–Crippen LogP) is 2.63. The minimum Gasteiger partial charge on any atom is -0.358 e. The van der Waals surface area contributed by atoms with Crippen molar-refractivity contribution in [2.75, 3.05) is 0 Å². The van der Waals surface area contributed by atoms with Gasteiger partial charge in [-0.1, -0.05) is 0 Å². The van der Waals surface area contributed by atoms with Gasteiger partial charge in [0.2, 0.25) is 0 Å². The second kappa shape index (κ2) is 239. The SMILES string of the molecule is N.N=C=S.[CH3-].[CH3-].[CH3-].[CH3-].[Rh]. The first-order valence-corrected chi connectivity index (χ1v) is 0.862.